The van der Waals surface area contributed by atoms with Crippen LogP contribution < -0.4 is 20.7 Å². The van der Waals surface area contributed by atoms with E-state index in [1.165, 1.54) is 6.07 Å². The smallest absolute Gasteiger partial charge is 0.273 e. The van der Waals surface area contributed by atoms with Crippen LogP contribution in [0.15, 0.2) is 95.6 Å². The van der Waals surface area contributed by atoms with E-state index in [0.717, 1.165) is 47.3 Å². The Morgan fingerprint density at radius 3 is 2.67 bits per heavy atom. The third-order valence-corrected chi connectivity index (χ3v) is 8.13. The lowest BCUT2D eigenvalue weighted by molar-refractivity contribution is 0.0941. The fraction of sp³-hybridized carbons (Fsp3) is 0.200. The van der Waals surface area contributed by atoms with Crippen LogP contribution in [0.5, 0.6) is 5.75 Å². The molecule has 1 fully saturated rings. The minimum Gasteiger partial charge on any atom is -0.497 e. The van der Waals surface area contributed by atoms with Crippen molar-refractivity contribution >= 4 is 22.8 Å². The largest absolute Gasteiger partial charge is 0.497 e. The number of aromatic nitrogens is 4. The predicted molar refractivity (Wildman–Crippen MR) is 173 cm³/mol. The number of benzene rings is 3. The van der Waals surface area contributed by atoms with Crippen molar-refractivity contribution in [2.24, 2.45) is 0 Å². The highest BCUT2D eigenvalue weighted by Crippen LogP contribution is 2.34. The molecular formula is C35H32FN7O3. The lowest BCUT2D eigenvalue weighted by Crippen LogP contribution is -2.23. The molecule has 0 saturated carbocycles. The van der Waals surface area contributed by atoms with Gasteiger partial charge in [0.05, 0.1) is 19.0 Å². The van der Waals surface area contributed by atoms with Crippen LogP contribution in [0.1, 0.15) is 28.0 Å². The molecule has 1 amide bonds. The molecule has 1 saturated heterocycles. The second-order valence-corrected chi connectivity index (χ2v) is 11.2. The third kappa shape index (κ3) is 6.04. The summed E-state index contributed by atoms with van der Waals surface area (Å²) in [7, 11) is 1.64. The minimum atomic E-state index is -0.452. The Balaban J connectivity index is 1.14. The highest BCUT2D eigenvalue weighted by atomic mass is 19.1. The molecule has 0 unspecified atom stereocenters. The zero-order valence-corrected chi connectivity index (χ0v) is 25.2. The molecule has 0 radical (unpaired) electrons. The van der Waals surface area contributed by atoms with E-state index in [0.29, 0.717) is 34.9 Å². The van der Waals surface area contributed by atoms with E-state index in [2.05, 4.69) is 21.1 Å². The quantitative estimate of drug-likeness (QED) is 0.180. The number of halogens is 1. The average molecular weight is 618 g/mol. The molecule has 10 nitrogen and oxygen atoms in total. The standard InChI is InChI=1S/C35H32FN7O3/c1-45-27-11-7-22(8-12-27)21-43-34-32(33(41-43)40-26-13-15-37-20-26)28(14-16-38-34)24-9-10-25(29(36)17-24)19-39-35(44)30-18-31(46-42-30)23-5-3-2-4-6-23/h2-12,14,16-18,26,37H,13,15,19-21H2,1H3,(H,39,44)(H,40,41)/t26-/m1/s1. The summed E-state index contributed by atoms with van der Waals surface area (Å²) in [6.45, 7) is 2.26. The molecule has 1 aliphatic heterocycles. The Hall–Kier alpha value is -5.55. The molecule has 1 aliphatic rings. The Bertz CT molecular complexity index is 1980. The number of carbonyl (C=O) groups excluding carboxylic acids is 1. The summed E-state index contributed by atoms with van der Waals surface area (Å²) in [6, 6.07) is 25.9. The zero-order chi connectivity index (χ0) is 31.5. The van der Waals surface area contributed by atoms with E-state index in [4.69, 9.17) is 19.3 Å². The van der Waals surface area contributed by atoms with E-state index in [1.807, 2.05) is 71.4 Å². The van der Waals surface area contributed by atoms with Crippen molar-refractivity contribution in [3.8, 4) is 28.2 Å². The van der Waals surface area contributed by atoms with Crippen LogP contribution in [0.3, 0.4) is 0 Å². The normalized spacial score (nSPS) is 14.4. The lowest BCUT2D eigenvalue weighted by Gasteiger charge is -2.12. The molecule has 6 aromatic rings. The number of nitrogens with one attached hydrogen (secondary N) is 3. The highest BCUT2D eigenvalue weighted by Gasteiger charge is 2.22. The number of nitrogens with zero attached hydrogens (tertiary/aromatic N) is 4. The van der Waals surface area contributed by atoms with Crippen molar-refractivity contribution < 1.29 is 18.4 Å². The zero-order valence-electron chi connectivity index (χ0n) is 25.2. The molecule has 11 heteroatoms. The number of pyridine rings is 1. The maximum Gasteiger partial charge on any atom is 0.273 e. The van der Waals surface area contributed by atoms with Crippen LogP contribution in [0.2, 0.25) is 0 Å². The van der Waals surface area contributed by atoms with Crippen LogP contribution in [-0.2, 0) is 13.1 Å². The first kappa shape index (κ1) is 29.2. The summed E-state index contributed by atoms with van der Waals surface area (Å²) in [5.74, 6) is 1.08. The van der Waals surface area contributed by atoms with Gasteiger partial charge in [-0.3, -0.25) is 4.79 Å². The maximum atomic E-state index is 15.5. The maximum absolute atomic E-state index is 15.5. The number of methoxy groups -OCH3 is 1. The summed E-state index contributed by atoms with van der Waals surface area (Å²) in [5, 5.41) is 19.4. The van der Waals surface area contributed by atoms with E-state index in [1.54, 1.807) is 25.4 Å². The number of fused-ring (bicyclic) bond motifs is 1. The summed E-state index contributed by atoms with van der Waals surface area (Å²) in [4.78, 5) is 17.5. The van der Waals surface area contributed by atoms with Crippen molar-refractivity contribution in [2.45, 2.75) is 25.6 Å². The van der Waals surface area contributed by atoms with Gasteiger partial charge in [0.15, 0.2) is 22.9 Å². The monoisotopic (exact) mass is 617 g/mol. The molecule has 232 valence electrons. The van der Waals surface area contributed by atoms with Gasteiger partial charge in [0.25, 0.3) is 5.91 Å². The summed E-state index contributed by atoms with van der Waals surface area (Å²) in [6.07, 6.45) is 2.69. The van der Waals surface area contributed by atoms with Crippen molar-refractivity contribution in [3.63, 3.8) is 0 Å². The topological polar surface area (TPSA) is 119 Å². The van der Waals surface area contributed by atoms with Gasteiger partial charge in [-0.15, -0.1) is 0 Å². The number of hydrogen-bond donors (Lipinski definition) is 3. The van der Waals surface area contributed by atoms with Crippen LogP contribution in [0.4, 0.5) is 10.2 Å². The van der Waals surface area contributed by atoms with Crippen LogP contribution in [0.25, 0.3) is 33.5 Å². The van der Waals surface area contributed by atoms with E-state index in [-0.39, 0.29) is 18.3 Å². The van der Waals surface area contributed by atoms with Crippen molar-refractivity contribution in [1.82, 2.24) is 30.6 Å². The Morgan fingerprint density at radius 2 is 1.91 bits per heavy atom. The minimum absolute atomic E-state index is 0.00842. The molecule has 0 aliphatic carbocycles. The van der Waals surface area contributed by atoms with Gasteiger partial charge in [0.2, 0.25) is 0 Å². The molecule has 3 aromatic heterocycles. The summed E-state index contributed by atoms with van der Waals surface area (Å²) in [5.41, 5.74) is 4.52. The summed E-state index contributed by atoms with van der Waals surface area (Å²) >= 11 is 0. The Labute approximate surface area is 264 Å². The molecule has 3 aromatic carbocycles. The molecule has 0 spiro atoms. The number of hydrogen-bond acceptors (Lipinski definition) is 8. The van der Waals surface area contributed by atoms with Crippen LogP contribution >= 0.6 is 0 Å². The SMILES string of the molecule is COc1ccc(Cn2nc(N[C@@H]3CCNC3)c3c(-c4ccc(CNC(=O)c5cc(-c6ccccc6)on5)c(F)c4)ccnc32)cc1. The predicted octanol–water partition coefficient (Wildman–Crippen LogP) is 5.65. The fourth-order valence-corrected chi connectivity index (χ4v) is 5.67. The summed E-state index contributed by atoms with van der Waals surface area (Å²) < 4.78 is 28.1. The molecule has 1 atom stereocenters. The van der Waals surface area contributed by atoms with Gasteiger partial charge in [-0.2, -0.15) is 5.10 Å². The number of rotatable bonds is 10. The lowest BCUT2D eigenvalue weighted by atomic mass is 10.0. The van der Waals surface area contributed by atoms with Crippen LogP contribution in [0, 0.1) is 5.82 Å². The van der Waals surface area contributed by atoms with Gasteiger partial charge in [0, 0.05) is 42.5 Å². The van der Waals surface area contributed by atoms with Crippen molar-refractivity contribution in [2.75, 3.05) is 25.5 Å². The number of ether oxygens (including phenoxy) is 1. The van der Waals surface area contributed by atoms with E-state index in [9.17, 15) is 4.79 Å². The molecule has 46 heavy (non-hydrogen) atoms. The van der Waals surface area contributed by atoms with Crippen LogP contribution in [-0.4, -0.2) is 52.1 Å². The molecule has 7 rings (SSSR count). The second kappa shape index (κ2) is 12.8. The number of anilines is 1. The van der Waals surface area contributed by atoms with Gasteiger partial charge in [-0.05, 0) is 53.9 Å². The first-order chi connectivity index (χ1) is 22.6. The number of carbonyl (C=O) groups is 1. The van der Waals surface area contributed by atoms with E-state index >= 15 is 4.39 Å². The first-order valence-electron chi connectivity index (χ1n) is 15.1. The third-order valence-electron chi connectivity index (χ3n) is 8.13. The van der Waals surface area contributed by atoms with Gasteiger partial charge < -0.3 is 25.2 Å². The molecule has 0 bridgehead atoms. The first-order valence-corrected chi connectivity index (χ1v) is 15.1. The van der Waals surface area contributed by atoms with Gasteiger partial charge >= 0.3 is 0 Å². The van der Waals surface area contributed by atoms with Crippen molar-refractivity contribution in [1.29, 1.82) is 0 Å². The second-order valence-electron chi connectivity index (χ2n) is 11.2. The van der Waals surface area contributed by atoms with Crippen molar-refractivity contribution in [3.05, 3.63) is 114 Å². The molecule has 3 N–H and O–H groups in total. The average Bonchev–Trinajstić information content (AvgIpc) is 3.87. The fourth-order valence-electron chi connectivity index (χ4n) is 5.67. The van der Waals surface area contributed by atoms with Gasteiger partial charge in [-0.1, -0.05) is 59.8 Å². The Morgan fingerprint density at radius 1 is 1.07 bits per heavy atom. The molecular weight excluding hydrogens is 585 g/mol. The van der Waals surface area contributed by atoms with Gasteiger partial charge in [0.1, 0.15) is 11.6 Å². The van der Waals surface area contributed by atoms with E-state index < -0.39 is 11.7 Å². The highest BCUT2D eigenvalue weighted by molar-refractivity contribution is 6.01. The Kier molecular flexibility index (Phi) is 8.13. The van der Waals surface area contributed by atoms with Gasteiger partial charge in [-0.25, -0.2) is 14.1 Å². The molecule has 4 heterocycles. The number of amides is 1.